The topological polar surface area (TPSA) is 76.7 Å². The molecule has 2 bridgehead atoms. The van der Waals surface area contributed by atoms with E-state index in [0.29, 0.717) is 40.8 Å². The van der Waals surface area contributed by atoms with E-state index in [1.807, 2.05) is 0 Å². The quantitative estimate of drug-likeness (QED) is 0.642. The van der Waals surface area contributed by atoms with E-state index in [2.05, 4.69) is 10.6 Å². The van der Waals surface area contributed by atoms with Crippen LogP contribution in [-0.2, 0) is 9.59 Å². The molecule has 0 saturated heterocycles. The molecule has 6 nitrogen and oxygen atoms in total. The average molecular weight is 453 g/mol. The predicted molar refractivity (Wildman–Crippen MR) is 109 cm³/mol. The average Bonchev–Trinajstić information content (AvgIpc) is 2.66. The van der Waals surface area contributed by atoms with Crippen molar-refractivity contribution in [3.05, 3.63) is 58.3 Å². The Morgan fingerprint density at radius 3 is 1.87 bits per heavy atom. The lowest BCUT2D eigenvalue weighted by Crippen LogP contribution is -2.84. The highest BCUT2D eigenvalue weighted by Gasteiger charge is 2.69. The van der Waals surface area contributed by atoms with Crippen molar-refractivity contribution < 1.29 is 23.5 Å². The maximum absolute atomic E-state index is 12.9. The van der Waals surface area contributed by atoms with E-state index < -0.39 is 0 Å². The van der Waals surface area contributed by atoms with Crippen molar-refractivity contribution in [2.45, 2.75) is 30.3 Å². The Balaban J connectivity index is 1.17. The minimum atomic E-state index is -0.365. The molecule has 0 heterocycles. The maximum atomic E-state index is 12.9. The van der Waals surface area contributed by atoms with Gasteiger partial charge in [-0.1, -0.05) is 23.2 Å². The molecule has 3 aliphatic rings. The number of rotatable bonds is 8. The summed E-state index contributed by atoms with van der Waals surface area (Å²) in [6, 6.07) is 10.3. The van der Waals surface area contributed by atoms with Crippen molar-refractivity contribution >= 4 is 35.0 Å². The van der Waals surface area contributed by atoms with Crippen LogP contribution in [0.3, 0.4) is 0 Å². The van der Waals surface area contributed by atoms with Crippen LogP contribution in [0.1, 0.15) is 19.3 Å². The molecule has 2 aromatic carbocycles. The Labute approximate surface area is 182 Å². The van der Waals surface area contributed by atoms with Crippen LogP contribution >= 0.6 is 23.2 Å². The summed E-state index contributed by atoms with van der Waals surface area (Å²) in [5.41, 5.74) is -0.579. The summed E-state index contributed by atoms with van der Waals surface area (Å²) in [5.74, 6) is 0.0366. The zero-order valence-corrected chi connectivity index (χ0v) is 17.4. The minimum Gasteiger partial charge on any atom is -0.484 e. The van der Waals surface area contributed by atoms with E-state index in [0.717, 1.165) is 0 Å². The second-order valence-electron chi connectivity index (χ2n) is 7.79. The normalized spacial score (nSPS) is 23.6. The number of nitrogens with one attached hydrogen (secondary N) is 2. The van der Waals surface area contributed by atoms with Gasteiger partial charge in [0.05, 0.1) is 10.0 Å². The van der Waals surface area contributed by atoms with Gasteiger partial charge in [0, 0.05) is 17.1 Å². The summed E-state index contributed by atoms with van der Waals surface area (Å²) >= 11 is 11.8. The van der Waals surface area contributed by atoms with Gasteiger partial charge in [-0.05, 0) is 55.7 Å². The highest BCUT2D eigenvalue weighted by atomic mass is 35.5. The Bertz CT molecular complexity index is 964. The van der Waals surface area contributed by atoms with Crippen molar-refractivity contribution in [1.82, 2.24) is 10.6 Å². The lowest BCUT2D eigenvalue weighted by atomic mass is 9.44. The second kappa shape index (κ2) is 7.96. The number of carbonyl (C=O) groups excluding carboxylic acids is 2. The van der Waals surface area contributed by atoms with Crippen LogP contribution in [0.5, 0.6) is 11.5 Å². The van der Waals surface area contributed by atoms with E-state index in [1.165, 1.54) is 24.3 Å². The van der Waals surface area contributed by atoms with Crippen LogP contribution < -0.4 is 20.1 Å². The van der Waals surface area contributed by atoms with E-state index in [9.17, 15) is 14.0 Å². The van der Waals surface area contributed by atoms with E-state index >= 15 is 0 Å². The minimum absolute atomic E-state index is 0.134. The number of hydrogen-bond acceptors (Lipinski definition) is 4. The van der Waals surface area contributed by atoms with Crippen LogP contribution in [0.4, 0.5) is 4.39 Å². The van der Waals surface area contributed by atoms with Crippen LogP contribution in [0, 0.1) is 5.82 Å². The molecule has 3 fully saturated rings. The molecule has 2 aromatic rings. The summed E-state index contributed by atoms with van der Waals surface area (Å²) in [5, 5.41) is 6.71. The first-order chi connectivity index (χ1) is 14.3. The number of hydrogen-bond donors (Lipinski definition) is 2. The lowest BCUT2D eigenvalue weighted by molar-refractivity contribution is -0.151. The smallest absolute Gasteiger partial charge is 0.258 e. The molecule has 0 radical (unpaired) electrons. The summed E-state index contributed by atoms with van der Waals surface area (Å²) in [6.45, 7) is -0.283. The molecular formula is C21H19Cl2FN2O4. The zero-order chi connectivity index (χ0) is 21.4. The van der Waals surface area contributed by atoms with Crippen molar-refractivity contribution in [3.63, 3.8) is 0 Å². The number of carbonyl (C=O) groups is 2. The molecule has 2 amide bonds. The van der Waals surface area contributed by atoms with Crippen molar-refractivity contribution in [1.29, 1.82) is 0 Å². The Kier molecular flexibility index (Phi) is 5.51. The van der Waals surface area contributed by atoms with Gasteiger partial charge in [-0.15, -0.1) is 0 Å². The van der Waals surface area contributed by atoms with Gasteiger partial charge in [0.15, 0.2) is 13.2 Å². The molecule has 3 saturated carbocycles. The molecule has 0 aliphatic heterocycles. The fraction of sp³-hybridized carbons (Fsp3) is 0.333. The molecule has 0 atom stereocenters. The van der Waals surface area contributed by atoms with Gasteiger partial charge in [-0.2, -0.15) is 0 Å². The fourth-order valence-electron chi connectivity index (χ4n) is 4.11. The maximum Gasteiger partial charge on any atom is 0.258 e. The van der Waals surface area contributed by atoms with Gasteiger partial charge in [0.25, 0.3) is 11.8 Å². The molecular weight excluding hydrogens is 434 g/mol. The van der Waals surface area contributed by atoms with Gasteiger partial charge < -0.3 is 20.1 Å². The lowest BCUT2D eigenvalue weighted by Gasteiger charge is -2.70. The Hall–Kier alpha value is -2.51. The first-order valence-electron chi connectivity index (χ1n) is 9.35. The van der Waals surface area contributed by atoms with Crippen LogP contribution in [0.15, 0.2) is 42.5 Å². The fourth-order valence-corrected chi connectivity index (χ4v) is 4.40. The van der Waals surface area contributed by atoms with E-state index in [-0.39, 0.29) is 41.9 Å². The molecule has 0 unspecified atom stereocenters. The summed E-state index contributed by atoms with van der Waals surface area (Å²) in [6.07, 6.45) is 2.00. The van der Waals surface area contributed by atoms with Crippen LogP contribution in [-0.4, -0.2) is 36.1 Å². The van der Waals surface area contributed by atoms with Gasteiger partial charge >= 0.3 is 0 Å². The van der Waals surface area contributed by atoms with Crippen molar-refractivity contribution in [2.75, 3.05) is 13.2 Å². The van der Waals surface area contributed by atoms with Crippen molar-refractivity contribution in [3.8, 4) is 11.5 Å². The third kappa shape index (κ3) is 4.47. The number of benzene rings is 2. The number of halogens is 3. The molecule has 158 valence electrons. The molecule has 5 rings (SSSR count). The first-order valence-corrected chi connectivity index (χ1v) is 10.1. The van der Waals surface area contributed by atoms with E-state index in [4.69, 9.17) is 32.7 Å². The highest BCUT2D eigenvalue weighted by molar-refractivity contribution is 6.42. The summed E-state index contributed by atoms with van der Waals surface area (Å²) in [7, 11) is 0. The molecule has 3 aliphatic carbocycles. The second-order valence-corrected chi connectivity index (χ2v) is 8.61. The Morgan fingerprint density at radius 2 is 1.33 bits per heavy atom. The summed E-state index contributed by atoms with van der Waals surface area (Å²) < 4.78 is 23.7. The summed E-state index contributed by atoms with van der Waals surface area (Å²) in [4.78, 5) is 24.3. The zero-order valence-electron chi connectivity index (χ0n) is 15.8. The van der Waals surface area contributed by atoms with E-state index in [1.54, 1.807) is 18.2 Å². The van der Waals surface area contributed by atoms with Crippen LogP contribution in [0.25, 0.3) is 0 Å². The predicted octanol–water partition coefficient (Wildman–Crippen LogP) is 3.50. The SMILES string of the molecule is O=C(COc1ccc(F)cc1)NC12CC(NC(=O)COc3ccc(Cl)c(Cl)c3)(C1)C2. The van der Waals surface area contributed by atoms with Gasteiger partial charge in [-0.3, -0.25) is 9.59 Å². The molecule has 2 N–H and O–H groups in total. The monoisotopic (exact) mass is 452 g/mol. The molecule has 30 heavy (non-hydrogen) atoms. The van der Waals surface area contributed by atoms with Crippen molar-refractivity contribution in [2.24, 2.45) is 0 Å². The van der Waals surface area contributed by atoms with Gasteiger partial charge in [0.2, 0.25) is 0 Å². The molecule has 0 aromatic heterocycles. The van der Waals surface area contributed by atoms with Crippen LogP contribution in [0.2, 0.25) is 10.0 Å². The largest absolute Gasteiger partial charge is 0.484 e. The Morgan fingerprint density at radius 1 is 0.833 bits per heavy atom. The van der Waals surface area contributed by atoms with Gasteiger partial charge in [0.1, 0.15) is 17.3 Å². The number of ether oxygens (including phenoxy) is 2. The molecule has 0 spiro atoms. The standard InChI is InChI=1S/C21H19Cl2FN2O4/c22-16-6-5-15(7-17(16)23)30-9-19(28)26-21-10-20(11-21,12-21)25-18(27)8-29-14-3-1-13(24)2-4-14/h1-7H,8-12H2,(H,25,27)(H,26,28). The first kappa shape index (κ1) is 20.8. The third-order valence-electron chi connectivity index (χ3n) is 5.28. The highest BCUT2D eigenvalue weighted by Crippen LogP contribution is 2.60. The van der Waals surface area contributed by atoms with Gasteiger partial charge in [-0.25, -0.2) is 4.39 Å². The third-order valence-corrected chi connectivity index (χ3v) is 6.02. The number of amides is 2. The molecule has 9 heteroatoms.